The van der Waals surface area contributed by atoms with E-state index in [4.69, 9.17) is 0 Å². The van der Waals surface area contributed by atoms with Gasteiger partial charge in [-0.2, -0.15) is 0 Å². The summed E-state index contributed by atoms with van der Waals surface area (Å²) < 4.78 is 0. The molecule has 0 unspecified atom stereocenters. The Morgan fingerprint density at radius 2 is 2.06 bits per heavy atom. The maximum Gasteiger partial charge on any atom is 0.230 e. The van der Waals surface area contributed by atoms with E-state index in [9.17, 15) is 4.79 Å². The summed E-state index contributed by atoms with van der Waals surface area (Å²) in [5, 5.41) is 0.826. The molecule has 3 nitrogen and oxygen atoms in total. The van der Waals surface area contributed by atoms with Crippen LogP contribution in [0.25, 0.3) is 0 Å². The monoisotopic (exact) mass is 248 g/mol. The van der Waals surface area contributed by atoms with Crippen LogP contribution in [0.5, 0.6) is 0 Å². The number of anilines is 1. The fraction of sp³-hybridized carbons (Fsp3) is 0.385. The van der Waals surface area contributed by atoms with Gasteiger partial charge < -0.3 is 0 Å². The van der Waals surface area contributed by atoms with Crippen LogP contribution >= 0.6 is 11.8 Å². The maximum atomic E-state index is 11.8. The number of aryl methyl sites for hydroxylation is 1. The van der Waals surface area contributed by atoms with Crippen LogP contribution in [-0.4, -0.2) is 23.4 Å². The Labute approximate surface area is 106 Å². The Hall–Kier alpha value is -1.29. The molecule has 2 rings (SSSR count). The minimum Gasteiger partial charge on any atom is -0.274 e. The highest BCUT2D eigenvalue weighted by Gasteiger charge is 2.20. The van der Waals surface area contributed by atoms with Crippen molar-refractivity contribution in [3.8, 4) is 0 Å². The molecule has 1 amide bonds. The first-order valence-corrected chi connectivity index (χ1v) is 6.71. The largest absolute Gasteiger partial charge is 0.274 e. The topological polar surface area (TPSA) is 32.7 Å². The second kappa shape index (κ2) is 5.36. The Morgan fingerprint density at radius 3 is 2.59 bits per heavy atom. The number of hydrogen-bond donors (Lipinski definition) is 0. The van der Waals surface area contributed by atoms with E-state index in [2.05, 4.69) is 4.99 Å². The molecule has 0 saturated carbocycles. The minimum absolute atomic E-state index is 0.0157. The number of thioether (sulfide) groups is 1. The fourth-order valence-corrected chi connectivity index (χ4v) is 2.71. The SMILES string of the molecule is CC(=O)N(C1=NCCCS1)c1ccc(C)cc1. The van der Waals surface area contributed by atoms with Gasteiger partial charge in [-0.15, -0.1) is 0 Å². The molecule has 90 valence electrons. The number of benzene rings is 1. The minimum atomic E-state index is 0.0157. The van der Waals surface area contributed by atoms with Gasteiger partial charge in [-0.1, -0.05) is 29.5 Å². The second-order valence-corrected chi connectivity index (χ2v) is 5.12. The van der Waals surface area contributed by atoms with E-state index in [1.807, 2.05) is 31.2 Å². The van der Waals surface area contributed by atoms with Gasteiger partial charge in [0.15, 0.2) is 5.17 Å². The number of carbonyl (C=O) groups excluding carboxylic acids is 1. The number of aliphatic imine (C=N–C) groups is 1. The van der Waals surface area contributed by atoms with Crippen LogP contribution in [0.1, 0.15) is 18.9 Å². The van der Waals surface area contributed by atoms with Crippen molar-refractivity contribution in [1.82, 2.24) is 0 Å². The summed E-state index contributed by atoms with van der Waals surface area (Å²) in [6.07, 6.45) is 1.09. The number of amides is 1. The van der Waals surface area contributed by atoms with E-state index in [1.165, 1.54) is 5.56 Å². The quantitative estimate of drug-likeness (QED) is 0.765. The second-order valence-electron chi connectivity index (χ2n) is 4.06. The Bertz CT molecular complexity index is 439. The molecule has 0 spiro atoms. The number of nitrogens with zero attached hydrogens (tertiary/aromatic N) is 2. The predicted octanol–water partition coefficient (Wildman–Crippen LogP) is 2.84. The van der Waals surface area contributed by atoms with Crippen LogP contribution in [0.15, 0.2) is 29.3 Å². The van der Waals surface area contributed by atoms with Gasteiger partial charge in [-0.05, 0) is 25.5 Å². The first-order chi connectivity index (χ1) is 8.18. The summed E-state index contributed by atoms with van der Waals surface area (Å²) in [7, 11) is 0. The zero-order valence-corrected chi connectivity index (χ0v) is 11.0. The van der Waals surface area contributed by atoms with Crippen molar-refractivity contribution >= 4 is 28.5 Å². The molecule has 0 radical (unpaired) electrons. The van der Waals surface area contributed by atoms with Gasteiger partial charge in [-0.3, -0.25) is 14.7 Å². The van der Waals surface area contributed by atoms with Crippen molar-refractivity contribution < 1.29 is 4.79 Å². The lowest BCUT2D eigenvalue weighted by atomic mass is 10.2. The number of carbonyl (C=O) groups is 1. The standard InChI is InChI=1S/C13H16N2OS/c1-10-4-6-12(7-5-10)15(11(2)16)13-14-8-3-9-17-13/h4-7H,3,8-9H2,1-2H3. The summed E-state index contributed by atoms with van der Waals surface area (Å²) in [4.78, 5) is 17.9. The van der Waals surface area contributed by atoms with Gasteiger partial charge in [-0.25, -0.2) is 0 Å². The molecular weight excluding hydrogens is 232 g/mol. The van der Waals surface area contributed by atoms with Gasteiger partial charge in [0.2, 0.25) is 5.91 Å². The molecule has 0 atom stereocenters. The molecule has 0 aliphatic carbocycles. The molecule has 0 bridgehead atoms. The van der Waals surface area contributed by atoms with Crippen LogP contribution in [0.3, 0.4) is 0 Å². The first-order valence-electron chi connectivity index (χ1n) is 5.73. The van der Waals surface area contributed by atoms with Crippen molar-refractivity contribution in [2.24, 2.45) is 4.99 Å². The van der Waals surface area contributed by atoms with Crippen LogP contribution in [0, 0.1) is 6.92 Å². The summed E-state index contributed by atoms with van der Waals surface area (Å²) in [5.74, 6) is 1.05. The Kier molecular flexibility index (Phi) is 3.84. The van der Waals surface area contributed by atoms with E-state index in [1.54, 1.807) is 23.6 Å². The third-order valence-electron chi connectivity index (χ3n) is 2.58. The Morgan fingerprint density at radius 1 is 1.35 bits per heavy atom. The highest BCUT2D eigenvalue weighted by atomic mass is 32.2. The molecule has 17 heavy (non-hydrogen) atoms. The molecule has 0 N–H and O–H groups in total. The molecule has 1 heterocycles. The van der Waals surface area contributed by atoms with Gasteiger partial charge >= 0.3 is 0 Å². The molecule has 4 heteroatoms. The lowest BCUT2D eigenvalue weighted by Crippen LogP contribution is -2.34. The van der Waals surface area contributed by atoms with Gasteiger partial charge in [0.1, 0.15) is 0 Å². The third-order valence-corrected chi connectivity index (χ3v) is 3.64. The molecule has 0 aromatic heterocycles. The van der Waals surface area contributed by atoms with Crippen LogP contribution in [-0.2, 0) is 4.79 Å². The van der Waals surface area contributed by atoms with E-state index >= 15 is 0 Å². The Balaban J connectivity index is 2.31. The summed E-state index contributed by atoms with van der Waals surface area (Å²) in [6.45, 7) is 4.43. The summed E-state index contributed by atoms with van der Waals surface area (Å²) in [5.41, 5.74) is 2.09. The molecule has 1 aromatic rings. The van der Waals surface area contributed by atoms with Gasteiger partial charge in [0, 0.05) is 19.2 Å². The predicted molar refractivity (Wildman–Crippen MR) is 73.7 cm³/mol. The molecule has 0 fully saturated rings. The molecule has 1 aliphatic rings. The number of rotatable bonds is 1. The first kappa shape index (κ1) is 12.2. The van der Waals surface area contributed by atoms with Crippen molar-refractivity contribution in [2.75, 3.05) is 17.2 Å². The van der Waals surface area contributed by atoms with Crippen LogP contribution in [0.4, 0.5) is 5.69 Å². The third kappa shape index (κ3) is 2.88. The molecule has 1 aromatic carbocycles. The summed E-state index contributed by atoms with van der Waals surface area (Å²) in [6, 6.07) is 7.96. The van der Waals surface area contributed by atoms with Crippen molar-refractivity contribution in [2.45, 2.75) is 20.3 Å². The van der Waals surface area contributed by atoms with E-state index in [-0.39, 0.29) is 5.91 Å². The molecule has 0 saturated heterocycles. The molecule has 1 aliphatic heterocycles. The van der Waals surface area contributed by atoms with Crippen molar-refractivity contribution in [3.05, 3.63) is 29.8 Å². The van der Waals surface area contributed by atoms with Crippen molar-refractivity contribution in [3.63, 3.8) is 0 Å². The zero-order chi connectivity index (χ0) is 12.3. The highest BCUT2D eigenvalue weighted by molar-refractivity contribution is 8.14. The van der Waals surface area contributed by atoms with Gasteiger partial charge in [0.05, 0.1) is 5.69 Å². The van der Waals surface area contributed by atoms with Crippen molar-refractivity contribution in [1.29, 1.82) is 0 Å². The average Bonchev–Trinajstić information content (AvgIpc) is 2.33. The lowest BCUT2D eigenvalue weighted by molar-refractivity contribution is -0.115. The van der Waals surface area contributed by atoms with Crippen LogP contribution in [0.2, 0.25) is 0 Å². The van der Waals surface area contributed by atoms with E-state index < -0.39 is 0 Å². The van der Waals surface area contributed by atoms with E-state index in [0.29, 0.717) is 0 Å². The molecular formula is C13H16N2OS. The maximum absolute atomic E-state index is 11.8. The lowest BCUT2D eigenvalue weighted by Gasteiger charge is -2.24. The zero-order valence-electron chi connectivity index (χ0n) is 10.1. The van der Waals surface area contributed by atoms with E-state index in [0.717, 1.165) is 29.6 Å². The normalized spacial score (nSPS) is 15.3. The number of amidine groups is 1. The van der Waals surface area contributed by atoms with Crippen LogP contribution < -0.4 is 4.90 Å². The summed E-state index contributed by atoms with van der Waals surface area (Å²) >= 11 is 1.65. The number of hydrogen-bond acceptors (Lipinski definition) is 3. The highest BCUT2D eigenvalue weighted by Crippen LogP contribution is 2.23. The smallest absolute Gasteiger partial charge is 0.230 e. The van der Waals surface area contributed by atoms with Gasteiger partial charge in [0.25, 0.3) is 0 Å². The average molecular weight is 248 g/mol. The fourth-order valence-electron chi connectivity index (χ4n) is 1.70.